The summed E-state index contributed by atoms with van der Waals surface area (Å²) in [5.41, 5.74) is 1.28. The zero-order valence-corrected chi connectivity index (χ0v) is 13.0. The molecule has 1 N–H and O–H groups in total. The molecule has 0 radical (unpaired) electrons. The number of hydrogen-bond donors (Lipinski definition) is 1. The highest BCUT2D eigenvalue weighted by Gasteiger charge is 2.11. The van der Waals surface area contributed by atoms with Crippen molar-refractivity contribution in [2.75, 3.05) is 12.4 Å². The van der Waals surface area contributed by atoms with Crippen LogP contribution in [0.1, 0.15) is 5.56 Å². The van der Waals surface area contributed by atoms with E-state index in [-0.39, 0.29) is 17.5 Å². The molecule has 0 saturated heterocycles. The van der Waals surface area contributed by atoms with Gasteiger partial charge >= 0.3 is 0 Å². The van der Waals surface area contributed by atoms with Gasteiger partial charge in [0.1, 0.15) is 5.75 Å². The molecule has 1 heterocycles. The van der Waals surface area contributed by atoms with Crippen LogP contribution in [0, 0.1) is 0 Å². The number of nitrogens with one attached hydrogen (secondary N) is 1. The van der Waals surface area contributed by atoms with Crippen molar-refractivity contribution in [1.29, 1.82) is 0 Å². The molecule has 1 amide bonds. The second-order valence-electron chi connectivity index (χ2n) is 4.03. The smallest absolute Gasteiger partial charge is 0.229 e. The summed E-state index contributed by atoms with van der Waals surface area (Å²) in [5, 5.41) is 2.98. The van der Waals surface area contributed by atoms with E-state index in [1.165, 1.54) is 0 Å². The first-order valence-corrected chi connectivity index (χ1v) is 7.00. The van der Waals surface area contributed by atoms with Gasteiger partial charge < -0.3 is 10.1 Å². The number of pyridine rings is 1. The Kier molecular flexibility index (Phi) is 4.98. The molecule has 1 aromatic carbocycles. The zero-order chi connectivity index (χ0) is 14.5. The molecule has 0 aliphatic heterocycles. The molecule has 0 spiro atoms. The van der Waals surface area contributed by atoms with Crippen molar-refractivity contribution in [2.24, 2.45) is 0 Å². The number of methoxy groups -OCH3 is 1. The standard InChI is InChI=1S/C14H12BrClN2O2/c1-20-12-5-3-2-4-9(12)6-13(19)18-11-7-10(15)8-17-14(11)16/h2-5,7-8H,6H2,1H3,(H,18,19). The van der Waals surface area contributed by atoms with Gasteiger partial charge in [-0.1, -0.05) is 29.8 Å². The second-order valence-corrected chi connectivity index (χ2v) is 5.30. The van der Waals surface area contributed by atoms with Crippen LogP contribution in [-0.4, -0.2) is 18.0 Å². The van der Waals surface area contributed by atoms with Gasteiger partial charge in [0.15, 0.2) is 5.15 Å². The van der Waals surface area contributed by atoms with E-state index in [1.807, 2.05) is 24.3 Å². The molecular formula is C14H12BrClN2O2. The summed E-state index contributed by atoms with van der Waals surface area (Å²) >= 11 is 9.21. The lowest BCUT2D eigenvalue weighted by atomic mass is 10.1. The number of hydrogen-bond acceptors (Lipinski definition) is 3. The number of anilines is 1. The van der Waals surface area contributed by atoms with Crippen molar-refractivity contribution in [1.82, 2.24) is 4.98 Å². The predicted molar refractivity (Wildman–Crippen MR) is 82.3 cm³/mol. The van der Waals surface area contributed by atoms with Gasteiger partial charge in [0, 0.05) is 16.2 Å². The third-order valence-corrected chi connectivity index (χ3v) is 3.36. The number of aromatic nitrogens is 1. The quantitative estimate of drug-likeness (QED) is 0.851. The molecule has 20 heavy (non-hydrogen) atoms. The molecule has 0 aliphatic carbocycles. The molecule has 0 unspecified atom stereocenters. The van der Waals surface area contributed by atoms with Crippen LogP contribution in [-0.2, 0) is 11.2 Å². The summed E-state index contributed by atoms with van der Waals surface area (Å²) in [4.78, 5) is 16.0. The molecule has 2 rings (SSSR count). The third-order valence-electron chi connectivity index (χ3n) is 2.62. The monoisotopic (exact) mass is 354 g/mol. The van der Waals surface area contributed by atoms with Crippen LogP contribution in [0.5, 0.6) is 5.75 Å². The van der Waals surface area contributed by atoms with E-state index in [0.29, 0.717) is 11.4 Å². The van der Waals surface area contributed by atoms with Crippen molar-refractivity contribution in [2.45, 2.75) is 6.42 Å². The molecule has 0 bridgehead atoms. The molecule has 104 valence electrons. The van der Waals surface area contributed by atoms with Crippen LogP contribution in [0.4, 0.5) is 5.69 Å². The lowest BCUT2D eigenvalue weighted by Gasteiger charge is -2.09. The van der Waals surface area contributed by atoms with Crippen molar-refractivity contribution >= 4 is 39.1 Å². The fourth-order valence-electron chi connectivity index (χ4n) is 1.73. The molecule has 0 atom stereocenters. The Balaban J connectivity index is 2.11. The number of para-hydroxylation sites is 1. The van der Waals surface area contributed by atoms with E-state index in [0.717, 1.165) is 10.0 Å². The SMILES string of the molecule is COc1ccccc1CC(=O)Nc1cc(Br)cnc1Cl. The summed E-state index contributed by atoms with van der Waals surface area (Å²) in [6.07, 6.45) is 1.77. The van der Waals surface area contributed by atoms with Gasteiger partial charge in [-0.15, -0.1) is 0 Å². The van der Waals surface area contributed by atoms with E-state index >= 15 is 0 Å². The fourth-order valence-corrected chi connectivity index (χ4v) is 2.21. The number of amides is 1. The van der Waals surface area contributed by atoms with Crippen LogP contribution in [0.2, 0.25) is 5.15 Å². The van der Waals surface area contributed by atoms with Crippen LogP contribution < -0.4 is 10.1 Å². The van der Waals surface area contributed by atoms with Gasteiger partial charge in [0.25, 0.3) is 0 Å². The van der Waals surface area contributed by atoms with Gasteiger partial charge in [0.2, 0.25) is 5.91 Å². The lowest BCUT2D eigenvalue weighted by molar-refractivity contribution is -0.115. The summed E-state index contributed by atoms with van der Waals surface area (Å²) in [6.45, 7) is 0. The van der Waals surface area contributed by atoms with Crippen LogP contribution >= 0.6 is 27.5 Å². The molecule has 1 aromatic heterocycles. The van der Waals surface area contributed by atoms with Gasteiger partial charge in [-0.2, -0.15) is 0 Å². The Labute approximate surface area is 130 Å². The Hall–Kier alpha value is -1.59. The molecule has 0 saturated carbocycles. The number of carbonyl (C=O) groups excluding carboxylic acids is 1. The van der Waals surface area contributed by atoms with E-state index in [4.69, 9.17) is 16.3 Å². The van der Waals surface area contributed by atoms with Crippen molar-refractivity contribution in [3.8, 4) is 5.75 Å². The molecule has 0 aliphatic rings. The predicted octanol–water partition coefficient (Wildman–Crippen LogP) is 3.69. The highest BCUT2D eigenvalue weighted by molar-refractivity contribution is 9.10. The number of benzene rings is 1. The van der Waals surface area contributed by atoms with E-state index in [2.05, 4.69) is 26.2 Å². The highest BCUT2D eigenvalue weighted by atomic mass is 79.9. The Morgan fingerprint density at radius 2 is 2.20 bits per heavy atom. The number of halogens is 2. The highest BCUT2D eigenvalue weighted by Crippen LogP contribution is 2.24. The molecule has 4 nitrogen and oxygen atoms in total. The Bertz CT molecular complexity index is 634. The molecular weight excluding hydrogens is 344 g/mol. The fraction of sp³-hybridized carbons (Fsp3) is 0.143. The normalized spacial score (nSPS) is 10.2. The van der Waals surface area contributed by atoms with Crippen molar-refractivity contribution in [3.05, 3.63) is 51.7 Å². The first kappa shape index (κ1) is 14.8. The van der Waals surface area contributed by atoms with Gasteiger partial charge in [-0.3, -0.25) is 4.79 Å². The number of ether oxygens (including phenoxy) is 1. The molecule has 2 aromatic rings. The summed E-state index contributed by atoms with van der Waals surface area (Å²) in [6, 6.07) is 9.08. The Morgan fingerprint density at radius 3 is 2.95 bits per heavy atom. The van der Waals surface area contributed by atoms with Crippen LogP contribution in [0.25, 0.3) is 0 Å². The first-order valence-electron chi connectivity index (χ1n) is 5.83. The lowest BCUT2D eigenvalue weighted by Crippen LogP contribution is -2.15. The topological polar surface area (TPSA) is 51.2 Å². The second kappa shape index (κ2) is 6.72. The summed E-state index contributed by atoms with van der Waals surface area (Å²) in [5.74, 6) is 0.498. The number of carbonyl (C=O) groups is 1. The maximum Gasteiger partial charge on any atom is 0.229 e. The minimum atomic E-state index is -0.184. The number of nitrogens with zero attached hydrogens (tertiary/aromatic N) is 1. The van der Waals surface area contributed by atoms with Crippen LogP contribution in [0.15, 0.2) is 41.0 Å². The first-order chi connectivity index (χ1) is 9.60. The number of rotatable bonds is 4. The van der Waals surface area contributed by atoms with Crippen molar-refractivity contribution < 1.29 is 9.53 Å². The van der Waals surface area contributed by atoms with Gasteiger partial charge in [-0.05, 0) is 28.1 Å². The summed E-state index contributed by atoms with van der Waals surface area (Å²) in [7, 11) is 1.58. The minimum Gasteiger partial charge on any atom is -0.496 e. The largest absolute Gasteiger partial charge is 0.496 e. The maximum absolute atomic E-state index is 12.0. The average molecular weight is 356 g/mol. The Morgan fingerprint density at radius 1 is 1.45 bits per heavy atom. The van der Waals surface area contributed by atoms with Gasteiger partial charge in [0.05, 0.1) is 19.2 Å². The van der Waals surface area contributed by atoms with Gasteiger partial charge in [-0.25, -0.2) is 4.98 Å². The van der Waals surface area contributed by atoms with E-state index < -0.39 is 0 Å². The van der Waals surface area contributed by atoms with E-state index in [9.17, 15) is 4.79 Å². The summed E-state index contributed by atoms with van der Waals surface area (Å²) < 4.78 is 5.96. The zero-order valence-electron chi connectivity index (χ0n) is 10.7. The maximum atomic E-state index is 12.0. The average Bonchev–Trinajstić information content (AvgIpc) is 2.43. The third kappa shape index (κ3) is 3.71. The van der Waals surface area contributed by atoms with Crippen LogP contribution in [0.3, 0.4) is 0 Å². The molecule has 6 heteroatoms. The minimum absolute atomic E-state index is 0.184. The molecule has 0 fully saturated rings. The van der Waals surface area contributed by atoms with E-state index in [1.54, 1.807) is 19.4 Å². The van der Waals surface area contributed by atoms with Crippen molar-refractivity contribution in [3.63, 3.8) is 0 Å².